The number of anilines is 1. The van der Waals surface area contributed by atoms with Crippen LogP contribution < -0.4 is 5.32 Å². The zero-order chi connectivity index (χ0) is 17.3. The van der Waals surface area contributed by atoms with Crippen LogP contribution in [-0.4, -0.2) is 46.1 Å². The molecule has 0 radical (unpaired) electrons. The first-order chi connectivity index (χ1) is 11.5. The standard InChI is InChI=1S/C16H16FN3O4/c17-10-4-3-5-11(8-10)18-13(21)9-19-14(22)15(23)20(16(19)24)12-6-1-2-7-12/h3-5,8,12H,1-2,6-7,9H2,(H,18,21). The van der Waals surface area contributed by atoms with E-state index in [2.05, 4.69) is 5.32 Å². The Bertz CT molecular complexity index is 715. The van der Waals surface area contributed by atoms with Gasteiger partial charge in [0.25, 0.3) is 0 Å². The van der Waals surface area contributed by atoms with Crippen molar-refractivity contribution in [3.8, 4) is 0 Å². The summed E-state index contributed by atoms with van der Waals surface area (Å²) in [5, 5.41) is 2.40. The van der Waals surface area contributed by atoms with Crippen molar-refractivity contribution in [3.63, 3.8) is 0 Å². The van der Waals surface area contributed by atoms with Crippen LogP contribution in [0.1, 0.15) is 25.7 Å². The van der Waals surface area contributed by atoms with E-state index in [4.69, 9.17) is 0 Å². The predicted octanol–water partition coefficient (Wildman–Crippen LogP) is 1.50. The molecule has 24 heavy (non-hydrogen) atoms. The van der Waals surface area contributed by atoms with Crippen LogP contribution in [0.25, 0.3) is 0 Å². The molecule has 1 heterocycles. The molecule has 1 saturated heterocycles. The second-order valence-electron chi connectivity index (χ2n) is 5.85. The number of hydrogen-bond donors (Lipinski definition) is 1. The lowest BCUT2D eigenvalue weighted by Gasteiger charge is -2.20. The molecule has 1 saturated carbocycles. The zero-order valence-corrected chi connectivity index (χ0v) is 12.8. The Labute approximate surface area is 137 Å². The summed E-state index contributed by atoms with van der Waals surface area (Å²) in [6.45, 7) is -0.580. The molecule has 0 bridgehead atoms. The van der Waals surface area contributed by atoms with Crippen molar-refractivity contribution in [2.75, 3.05) is 11.9 Å². The van der Waals surface area contributed by atoms with Gasteiger partial charge in [0.2, 0.25) is 5.91 Å². The zero-order valence-electron chi connectivity index (χ0n) is 12.8. The van der Waals surface area contributed by atoms with Gasteiger partial charge >= 0.3 is 17.8 Å². The largest absolute Gasteiger partial charge is 0.334 e. The number of rotatable bonds is 4. The Balaban J connectivity index is 1.68. The Hall–Kier alpha value is -2.77. The molecule has 2 fully saturated rings. The van der Waals surface area contributed by atoms with E-state index >= 15 is 0 Å². The number of halogens is 1. The maximum atomic E-state index is 13.1. The summed E-state index contributed by atoms with van der Waals surface area (Å²) in [7, 11) is 0. The van der Waals surface area contributed by atoms with E-state index < -0.39 is 36.1 Å². The van der Waals surface area contributed by atoms with Gasteiger partial charge < -0.3 is 5.32 Å². The van der Waals surface area contributed by atoms with Crippen molar-refractivity contribution < 1.29 is 23.6 Å². The molecule has 0 atom stereocenters. The summed E-state index contributed by atoms with van der Waals surface area (Å²) >= 11 is 0. The van der Waals surface area contributed by atoms with Crippen molar-refractivity contribution in [3.05, 3.63) is 30.1 Å². The summed E-state index contributed by atoms with van der Waals surface area (Å²) in [6, 6.07) is 4.20. The van der Waals surface area contributed by atoms with E-state index in [1.165, 1.54) is 18.2 Å². The number of imide groups is 2. The van der Waals surface area contributed by atoms with Crippen molar-refractivity contribution in [1.29, 1.82) is 0 Å². The molecule has 7 nitrogen and oxygen atoms in total. The van der Waals surface area contributed by atoms with Crippen molar-refractivity contribution >= 4 is 29.4 Å². The Kier molecular flexibility index (Phi) is 4.28. The fraction of sp³-hybridized carbons (Fsp3) is 0.375. The van der Waals surface area contributed by atoms with Gasteiger partial charge in [-0.15, -0.1) is 0 Å². The molecule has 1 aromatic rings. The van der Waals surface area contributed by atoms with Crippen LogP contribution in [0.2, 0.25) is 0 Å². The first-order valence-corrected chi connectivity index (χ1v) is 7.72. The van der Waals surface area contributed by atoms with Gasteiger partial charge in [-0.1, -0.05) is 18.9 Å². The van der Waals surface area contributed by atoms with Gasteiger partial charge in [0.15, 0.2) is 0 Å². The minimum absolute atomic E-state index is 0.207. The molecule has 3 rings (SSSR count). The summed E-state index contributed by atoms with van der Waals surface area (Å²) in [5.74, 6) is -3.08. The van der Waals surface area contributed by atoms with Crippen molar-refractivity contribution in [1.82, 2.24) is 9.80 Å². The smallest absolute Gasteiger partial charge is 0.324 e. The highest BCUT2D eigenvalue weighted by Gasteiger charge is 2.48. The topological polar surface area (TPSA) is 86.8 Å². The molecule has 8 heteroatoms. The van der Waals surface area contributed by atoms with E-state index in [1.54, 1.807) is 0 Å². The molecule has 1 aromatic carbocycles. The van der Waals surface area contributed by atoms with Crippen LogP contribution in [0.3, 0.4) is 0 Å². The second kappa shape index (κ2) is 6.38. The monoisotopic (exact) mass is 333 g/mol. The maximum Gasteiger partial charge on any atom is 0.334 e. The van der Waals surface area contributed by atoms with E-state index in [0.29, 0.717) is 17.7 Å². The van der Waals surface area contributed by atoms with Crippen LogP contribution in [0.15, 0.2) is 24.3 Å². The fourth-order valence-corrected chi connectivity index (χ4v) is 3.06. The molecule has 2 aliphatic rings. The highest BCUT2D eigenvalue weighted by Crippen LogP contribution is 2.27. The van der Waals surface area contributed by atoms with Crippen LogP contribution in [0, 0.1) is 5.82 Å². The highest BCUT2D eigenvalue weighted by atomic mass is 19.1. The quantitative estimate of drug-likeness (QED) is 0.668. The third-order valence-corrected chi connectivity index (χ3v) is 4.18. The number of nitrogens with one attached hydrogen (secondary N) is 1. The van der Waals surface area contributed by atoms with Crippen LogP contribution in [-0.2, 0) is 14.4 Å². The Morgan fingerprint density at radius 3 is 2.54 bits per heavy atom. The fourth-order valence-electron chi connectivity index (χ4n) is 3.06. The van der Waals surface area contributed by atoms with E-state index in [-0.39, 0.29) is 11.7 Å². The highest BCUT2D eigenvalue weighted by molar-refractivity contribution is 6.45. The Morgan fingerprint density at radius 2 is 1.88 bits per heavy atom. The summed E-state index contributed by atoms with van der Waals surface area (Å²) in [5.41, 5.74) is 0.207. The molecule has 1 N–H and O–H groups in total. The van der Waals surface area contributed by atoms with Crippen LogP contribution in [0.4, 0.5) is 14.9 Å². The molecular weight excluding hydrogens is 317 g/mol. The molecular formula is C16H16FN3O4. The average Bonchev–Trinajstić information content (AvgIpc) is 3.11. The van der Waals surface area contributed by atoms with Gasteiger partial charge in [0.1, 0.15) is 12.4 Å². The summed E-state index contributed by atoms with van der Waals surface area (Å²) in [6.07, 6.45) is 3.15. The van der Waals surface area contributed by atoms with Crippen LogP contribution >= 0.6 is 0 Å². The number of hydrogen-bond acceptors (Lipinski definition) is 4. The van der Waals surface area contributed by atoms with Crippen LogP contribution in [0.5, 0.6) is 0 Å². The molecule has 0 aromatic heterocycles. The van der Waals surface area contributed by atoms with E-state index in [0.717, 1.165) is 23.8 Å². The lowest BCUT2D eigenvalue weighted by molar-refractivity contribution is -0.144. The number of carbonyl (C=O) groups is 4. The summed E-state index contributed by atoms with van der Waals surface area (Å²) < 4.78 is 13.1. The normalized spacial score (nSPS) is 18.6. The SMILES string of the molecule is O=C(CN1C(=O)C(=O)N(C2CCCC2)C1=O)Nc1cccc(F)c1. The van der Waals surface area contributed by atoms with Gasteiger partial charge in [-0.25, -0.2) is 14.1 Å². The average molecular weight is 333 g/mol. The maximum absolute atomic E-state index is 13.1. The lowest BCUT2D eigenvalue weighted by Crippen LogP contribution is -2.41. The minimum atomic E-state index is -0.999. The third kappa shape index (κ3) is 2.99. The minimum Gasteiger partial charge on any atom is -0.324 e. The number of urea groups is 1. The number of carbonyl (C=O) groups excluding carboxylic acids is 4. The van der Waals surface area contributed by atoms with E-state index in [9.17, 15) is 23.6 Å². The van der Waals surface area contributed by atoms with Gasteiger partial charge in [-0.3, -0.25) is 19.3 Å². The molecule has 126 valence electrons. The van der Waals surface area contributed by atoms with Gasteiger partial charge in [0, 0.05) is 11.7 Å². The third-order valence-electron chi connectivity index (χ3n) is 4.18. The number of nitrogens with zero attached hydrogens (tertiary/aromatic N) is 2. The molecule has 0 spiro atoms. The van der Waals surface area contributed by atoms with Crippen molar-refractivity contribution in [2.24, 2.45) is 0 Å². The molecule has 1 aliphatic heterocycles. The van der Waals surface area contributed by atoms with Gasteiger partial charge in [-0.05, 0) is 31.0 Å². The predicted molar refractivity (Wildman–Crippen MR) is 81.2 cm³/mol. The lowest BCUT2D eigenvalue weighted by atomic mass is 10.2. The number of amides is 5. The summed E-state index contributed by atoms with van der Waals surface area (Å²) in [4.78, 5) is 49.9. The number of benzene rings is 1. The van der Waals surface area contributed by atoms with Gasteiger partial charge in [-0.2, -0.15) is 0 Å². The molecule has 5 amide bonds. The first-order valence-electron chi connectivity index (χ1n) is 7.72. The van der Waals surface area contributed by atoms with E-state index in [1.807, 2.05) is 0 Å². The first kappa shape index (κ1) is 16.1. The second-order valence-corrected chi connectivity index (χ2v) is 5.85. The van der Waals surface area contributed by atoms with Crippen molar-refractivity contribution in [2.45, 2.75) is 31.7 Å². The van der Waals surface area contributed by atoms with Gasteiger partial charge in [0.05, 0.1) is 0 Å². The molecule has 1 aliphatic carbocycles. The Morgan fingerprint density at radius 1 is 1.17 bits per heavy atom. The molecule has 0 unspecified atom stereocenters.